The molecule has 3 heteroatoms. The topological polar surface area (TPSA) is 41.8 Å². The van der Waals surface area contributed by atoms with Gasteiger partial charge in [-0.2, -0.15) is 0 Å². The van der Waals surface area contributed by atoms with Crippen molar-refractivity contribution in [2.24, 2.45) is 5.84 Å². The van der Waals surface area contributed by atoms with E-state index in [1.54, 1.807) is 5.01 Å². The Morgan fingerprint density at radius 3 is 1.67 bits per heavy atom. The molecule has 1 saturated heterocycles. The molecule has 56 valence electrons. The number of nitrogens with zero attached hydrogens (tertiary/aromatic N) is 1. The monoisotopic (exact) mass is 132 g/mol. The smallest absolute Gasteiger partial charge is 0.0701 e. The Labute approximate surface area is 56.7 Å². The molecule has 0 bridgehead atoms. The van der Waals surface area contributed by atoms with Crippen molar-refractivity contribution in [1.82, 2.24) is 5.01 Å². The van der Waals surface area contributed by atoms with E-state index in [2.05, 4.69) is 4.74 Å². The molecule has 0 amide bonds. The molecule has 0 aromatic rings. The Balaban J connectivity index is 0.000000173. The molecular formula is C6H16N2O. The van der Waals surface area contributed by atoms with E-state index >= 15 is 0 Å². The average molecular weight is 132 g/mol. The van der Waals surface area contributed by atoms with E-state index < -0.39 is 0 Å². The van der Waals surface area contributed by atoms with E-state index in [0.717, 1.165) is 26.3 Å². The van der Waals surface area contributed by atoms with Gasteiger partial charge in [0.2, 0.25) is 0 Å². The van der Waals surface area contributed by atoms with Crippen molar-refractivity contribution in [2.45, 2.75) is 13.8 Å². The Morgan fingerprint density at radius 1 is 1.33 bits per heavy atom. The summed E-state index contributed by atoms with van der Waals surface area (Å²) in [5.41, 5.74) is 0. The molecule has 0 aromatic heterocycles. The van der Waals surface area contributed by atoms with E-state index in [1.807, 2.05) is 13.8 Å². The van der Waals surface area contributed by atoms with Crippen molar-refractivity contribution in [2.75, 3.05) is 26.3 Å². The quantitative estimate of drug-likeness (QED) is 0.332. The zero-order chi connectivity index (χ0) is 7.11. The Kier molecular flexibility index (Phi) is 5.93. The summed E-state index contributed by atoms with van der Waals surface area (Å²) in [6, 6.07) is 0. The summed E-state index contributed by atoms with van der Waals surface area (Å²) in [6.45, 7) is 7.94. The second-order valence-electron chi connectivity index (χ2n) is 1.83. The molecule has 1 rings (SSSR count). The second-order valence-corrected chi connectivity index (χ2v) is 1.83. The molecule has 0 saturated carbocycles. The zero-order valence-corrected chi connectivity index (χ0v) is 6.26. The molecule has 0 radical (unpaired) electrons. The van der Waals surface area contributed by atoms with Crippen LogP contribution in [-0.4, -0.2) is 31.3 Å². The maximum Gasteiger partial charge on any atom is 0.0701 e. The highest BCUT2D eigenvalue weighted by atomic mass is 16.6. The van der Waals surface area contributed by atoms with Crippen molar-refractivity contribution < 1.29 is 4.74 Å². The van der Waals surface area contributed by atoms with Gasteiger partial charge in [0.1, 0.15) is 0 Å². The summed E-state index contributed by atoms with van der Waals surface area (Å²) in [5, 5.41) is 1.75. The largest absolute Gasteiger partial charge is 0.377 e. The van der Waals surface area contributed by atoms with Crippen molar-refractivity contribution >= 4 is 0 Å². The van der Waals surface area contributed by atoms with Crippen LogP contribution < -0.4 is 5.84 Å². The molecule has 2 N–H and O–H groups in total. The molecule has 0 unspecified atom stereocenters. The lowest BCUT2D eigenvalue weighted by molar-refractivity contribution is 0.316. The lowest BCUT2D eigenvalue weighted by atomic mass is 10.6. The number of nitrogens with two attached hydrogens (primary N) is 1. The van der Waals surface area contributed by atoms with Gasteiger partial charge in [0.15, 0.2) is 0 Å². The predicted octanol–water partition coefficient (Wildman–Crippen LogP) is 0.219. The van der Waals surface area contributed by atoms with E-state index in [0.29, 0.717) is 0 Å². The average Bonchev–Trinajstić information content (AvgIpc) is 2.70. The van der Waals surface area contributed by atoms with Gasteiger partial charge in [-0.3, -0.25) is 5.84 Å². The van der Waals surface area contributed by atoms with Crippen LogP contribution in [0, 0.1) is 0 Å². The van der Waals surface area contributed by atoms with Crippen LogP contribution in [0.25, 0.3) is 0 Å². The third-order valence-corrected chi connectivity index (χ3v) is 1.02. The van der Waals surface area contributed by atoms with Crippen LogP contribution in [0.4, 0.5) is 0 Å². The Bertz CT molecular complexity index is 50.3. The van der Waals surface area contributed by atoms with Gasteiger partial charge in [0.25, 0.3) is 0 Å². The Hall–Kier alpha value is -0.120. The summed E-state index contributed by atoms with van der Waals surface area (Å²) in [6.07, 6.45) is 0. The van der Waals surface area contributed by atoms with Gasteiger partial charge in [0, 0.05) is 13.1 Å². The first-order chi connectivity index (χ1) is 4.31. The second kappa shape index (κ2) is 6.01. The minimum absolute atomic E-state index is 0.941. The summed E-state index contributed by atoms with van der Waals surface area (Å²) in [5.74, 6) is 5.31. The molecular weight excluding hydrogens is 116 g/mol. The standard InChI is InChI=1S/C4H12N2.C2H4O/c1-3-6(5)4-2;1-2-3-1/h3-5H2,1-2H3;1-2H2. The van der Waals surface area contributed by atoms with Gasteiger partial charge in [-0.1, -0.05) is 13.8 Å². The van der Waals surface area contributed by atoms with Crippen LogP contribution in [0.1, 0.15) is 13.8 Å². The van der Waals surface area contributed by atoms with Crippen LogP contribution in [-0.2, 0) is 4.74 Å². The van der Waals surface area contributed by atoms with E-state index in [9.17, 15) is 0 Å². The maximum atomic E-state index is 5.31. The molecule has 0 aliphatic carbocycles. The van der Waals surface area contributed by atoms with Crippen molar-refractivity contribution in [3.63, 3.8) is 0 Å². The third kappa shape index (κ3) is 11.4. The van der Waals surface area contributed by atoms with Crippen LogP contribution in [0.5, 0.6) is 0 Å². The molecule has 9 heavy (non-hydrogen) atoms. The van der Waals surface area contributed by atoms with Gasteiger partial charge < -0.3 is 4.74 Å². The fourth-order valence-electron chi connectivity index (χ4n) is 0.224. The van der Waals surface area contributed by atoms with E-state index in [1.165, 1.54) is 0 Å². The number of ether oxygens (including phenoxy) is 1. The molecule has 1 heterocycles. The molecule has 1 aliphatic rings. The van der Waals surface area contributed by atoms with Crippen molar-refractivity contribution in [3.05, 3.63) is 0 Å². The summed E-state index contributed by atoms with van der Waals surface area (Å²) >= 11 is 0. The maximum absolute atomic E-state index is 5.31. The fraction of sp³-hybridized carbons (Fsp3) is 1.00. The van der Waals surface area contributed by atoms with E-state index in [-0.39, 0.29) is 0 Å². The summed E-state index contributed by atoms with van der Waals surface area (Å²) in [4.78, 5) is 0. The third-order valence-electron chi connectivity index (χ3n) is 1.02. The van der Waals surface area contributed by atoms with Gasteiger partial charge in [-0.25, -0.2) is 5.01 Å². The molecule has 1 aliphatic heterocycles. The fourth-order valence-corrected chi connectivity index (χ4v) is 0.224. The molecule has 0 spiro atoms. The van der Waals surface area contributed by atoms with Crippen LogP contribution in [0.3, 0.4) is 0 Å². The normalized spacial score (nSPS) is 14.7. The summed E-state index contributed by atoms with van der Waals surface area (Å²) in [7, 11) is 0. The highest BCUT2D eigenvalue weighted by Gasteiger charge is 1.94. The van der Waals surface area contributed by atoms with E-state index in [4.69, 9.17) is 5.84 Å². The first-order valence-electron chi connectivity index (χ1n) is 3.38. The highest BCUT2D eigenvalue weighted by molar-refractivity contribution is 4.36. The highest BCUT2D eigenvalue weighted by Crippen LogP contribution is 1.84. The zero-order valence-electron chi connectivity index (χ0n) is 6.26. The van der Waals surface area contributed by atoms with Gasteiger partial charge >= 0.3 is 0 Å². The lowest BCUT2D eigenvalue weighted by Gasteiger charge is -2.07. The molecule has 0 aromatic carbocycles. The number of hydrogen-bond acceptors (Lipinski definition) is 3. The van der Waals surface area contributed by atoms with Crippen LogP contribution in [0.15, 0.2) is 0 Å². The molecule has 0 atom stereocenters. The predicted molar refractivity (Wildman–Crippen MR) is 37.9 cm³/mol. The van der Waals surface area contributed by atoms with Crippen LogP contribution >= 0.6 is 0 Å². The Morgan fingerprint density at radius 2 is 1.67 bits per heavy atom. The summed E-state index contributed by atoms with van der Waals surface area (Å²) < 4.78 is 4.50. The minimum atomic E-state index is 0.941. The first kappa shape index (κ1) is 8.88. The van der Waals surface area contributed by atoms with Crippen LogP contribution in [0.2, 0.25) is 0 Å². The SMILES string of the molecule is C1CO1.CCN(N)CC. The number of hydrazine groups is 1. The number of hydrogen-bond donors (Lipinski definition) is 1. The van der Waals surface area contributed by atoms with Gasteiger partial charge in [-0.15, -0.1) is 0 Å². The molecule has 3 nitrogen and oxygen atoms in total. The molecule has 1 fully saturated rings. The number of rotatable bonds is 2. The lowest BCUT2D eigenvalue weighted by Crippen LogP contribution is -2.29. The van der Waals surface area contributed by atoms with Crippen molar-refractivity contribution in [3.8, 4) is 0 Å². The van der Waals surface area contributed by atoms with Gasteiger partial charge in [0.05, 0.1) is 13.2 Å². The minimum Gasteiger partial charge on any atom is -0.377 e. The number of epoxide rings is 1. The van der Waals surface area contributed by atoms with Gasteiger partial charge in [-0.05, 0) is 0 Å². The van der Waals surface area contributed by atoms with Crippen molar-refractivity contribution in [1.29, 1.82) is 0 Å². The first-order valence-corrected chi connectivity index (χ1v) is 3.38.